The molecule has 1 aromatic heterocycles. The van der Waals surface area contributed by atoms with Crippen LogP contribution in [0, 0.1) is 0 Å². The van der Waals surface area contributed by atoms with Gasteiger partial charge in [-0.15, -0.1) is 0 Å². The molecular formula is C44H30N2. The predicted molar refractivity (Wildman–Crippen MR) is 189 cm³/mol. The molecule has 46 heavy (non-hydrogen) atoms. The molecule has 2 heterocycles. The summed E-state index contributed by atoms with van der Waals surface area (Å²) in [5, 5.41) is 0. The summed E-state index contributed by atoms with van der Waals surface area (Å²) in [5.41, 5.74) is 13.6. The van der Waals surface area contributed by atoms with Crippen LogP contribution in [0.1, 0.15) is 22.3 Å². The average Bonchev–Trinajstić information content (AvgIpc) is 3.54. The van der Waals surface area contributed by atoms with Gasteiger partial charge in [-0.3, -0.25) is 4.57 Å². The van der Waals surface area contributed by atoms with Crippen LogP contribution < -0.4 is 0 Å². The summed E-state index contributed by atoms with van der Waals surface area (Å²) in [7, 11) is 0. The van der Waals surface area contributed by atoms with Crippen LogP contribution in [0.4, 0.5) is 0 Å². The molecule has 1 aliphatic heterocycles. The lowest BCUT2D eigenvalue weighted by Gasteiger charge is -2.41. The Bertz CT molecular complexity index is 2300. The highest BCUT2D eigenvalue weighted by Gasteiger charge is 2.45. The molecule has 0 aliphatic carbocycles. The van der Waals surface area contributed by atoms with Crippen LogP contribution in [-0.2, 0) is 5.41 Å². The van der Waals surface area contributed by atoms with Gasteiger partial charge < -0.3 is 0 Å². The molecule has 0 N–H and O–H groups in total. The highest BCUT2D eigenvalue weighted by Crippen LogP contribution is 2.54. The number of hydrogen-bond donors (Lipinski definition) is 0. The Balaban J connectivity index is 1.40. The first kappa shape index (κ1) is 26.4. The molecule has 2 heteroatoms. The van der Waals surface area contributed by atoms with Gasteiger partial charge in [0.15, 0.2) is 0 Å². The maximum Gasteiger partial charge on any atom is 0.145 e. The third-order valence-electron chi connectivity index (χ3n) is 9.47. The van der Waals surface area contributed by atoms with E-state index in [9.17, 15) is 0 Å². The lowest BCUT2D eigenvalue weighted by molar-refractivity contribution is 0.726. The molecule has 0 fully saturated rings. The fourth-order valence-electron chi connectivity index (χ4n) is 7.47. The molecule has 7 aromatic carbocycles. The molecule has 216 valence electrons. The largest absolute Gasteiger partial charge is 0.292 e. The zero-order valence-corrected chi connectivity index (χ0v) is 25.2. The summed E-state index contributed by atoms with van der Waals surface area (Å²) in [4.78, 5) is 5.30. The van der Waals surface area contributed by atoms with Crippen molar-refractivity contribution >= 4 is 11.0 Å². The van der Waals surface area contributed by atoms with E-state index in [-0.39, 0.29) is 0 Å². The van der Waals surface area contributed by atoms with Crippen LogP contribution in [0.15, 0.2) is 182 Å². The number of fused-ring (bicyclic) bond motifs is 2. The number of benzene rings is 7. The third kappa shape index (κ3) is 3.94. The van der Waals surface area contributed by atoms with E-state index in [1.54, 1.807) is 0 Å². The van der Waals surface area contributed by atoms with E-state index in [4.69, 9.17) is 4.98 Å². The number of rotatable bonds is 5. The van der Waals surface area contributed by atoms with Gasteiger partial charge in [-0.25, -0.2) is 4.98 Å². The minimum Gasteiger partial charge on any atom is -0.292 e. The number of aromatic nitrogens is 2. The maximum absolute atomic E-state index is 5.30. The van der Waals surface area contributed by atoms with Gasteiger partial charge in [0, 0.05) is 5.56 Å². The van der Waals surface area contributed by atoms with Gasteiger partial charge in [-0.1, -0.05) is 158 Å². The van der Waals surface area contributed by atoms with Gasteiger partial charge in [-0.2, -0.15) is 0 Å². The molecule has 0 bridgehead atoms. The van der Waals surface area contributed by atoms with Crippen molar-refractivity contribution in [2.45, 2.75) is 5.41 Å². The summed E-state index contributed by atoms with van der Waals surface area (Å²) in [6.45, 7) is 0. The Kier molecular flexibility index (Phi) is 6.07. The molecule has 1 aliphatic rings. The van der Waals surface area contributed by atoms with E-state index in [1.165, 1.54) is 44.5 Å². The Morgan fingerprint density at radius 3 is 1.57 bits per heavy atom. The molecule has 8 aromatic rings. The monoisotopic (exact) mass is 586 g/mol. The van der Waals surface area contributed by atoms with Crippen LogP contribution in [0.2, 0.25) is 0 Å². The first-order valence-electron chi connectivity index (χ1n) is 15.8. The van der Waals surface area contributed by atoms with E-state index in [1.807, 2.05) is 0 Å². The first-order valence-corrected chi connectivity index (χ1v) is 15.8. The van der Waals surface area contributed by atoms with Crippen LogP contribution in [0.25, 0.3) is 50.4 Å². The van der Waals surface area contributed by atoms with E-state index < -0.39 is 5.41 Å². The smallest absolute Gasteiger partial charge is 0.145 e. The van der Waals surface area contributed by atoms with Crippen LogP contribution in [-0.4, -0.2) is 9.55 Å². The SMILES string of the molecule is c1ccc(-c2cccc(-c3ccc4c(c3)C(c3ccccc3)(c3ccccc3)c3cccc5nc(-c6ccccc6)n-4c35)c2)cc1. The molecule has 9 rings (SSSR count). The van der Waals surface area contributed by atoms with Crippen LogP contribution in [0.3, 0.4) is 0 Å². The summed E-state index contributed by atoms with van der Waals surface area (Å²) in [6.07, 6.45) is 0. The average molecular weight is 587 g/mol. The lowest BCUT2D eigenvalue weighted by atomic mass is 9.63. The fourth-order valence-corrected chi connectivity index (χ4v) is 7.47. The van der Waals surface area contributed by atoms with Gasteiger partial charge in [0.05, 0.1) is 22.1 Å². The predicted octanol–water partition coefficient (Wildman–Crippen LogP) is 10.7. The standard InChI is InChI=1S/C44H30N2/c1-5-15-31(16-6-1)33-19-13-20-34(29-33)35-27-28-41-39(30-35)44(36-21-9-3-10-22-36,37-23-11-4-12-24-37)38-25-14-26-40-42(38)46(41)43(45-40)32-17-7-2-8-18-32/h1-30H. The van der Waals surface area contributed by atoms with Crippen molar-refractivity contribution in [2.75, 3.05) is 0 Å². The molecule has 0 saturated heterocycles. The second-order valence-corrected chi connectivity index (χ2v) is 12.0. The number of para-hydroxylation sites is 1. The molecule has 2 nitrogen and oxygen atoms in total. The number of hydrogen-bond acceptors (Lipinski definition) is 1. The highest BCUT2D eigenvalue weighted by molar-refractivity contribution is 5.93. The van der Waals surface area contributed by atoms with E-state index >= 15 is 0 Å². The summed E-state index contributed by atoms with van der Waals surface area (Å²) < 4.78 is 2.39. The van der Waals surface area contributed by atoms with Crippen molar-refractivity contribution in [1.82, 2.24) is 9.55 Å². The molecule has 0 amide bonds. The first-order chi connectivity index (χ1) is 22.8. The van der Waals surface area contributed by atoms with Crippen LogP contribution in [0.5, 0.6) is 0 Å². The van der Waals surface area contributed by atoms with Gasteiger partial charge in [0.2, 0.25) is 0 Å². The van der Waals surface area contributed by atoms with Crippen molar-refractivity contribution in [2.24, 2.45) is 0 Å². The Morgan fingerprint density at radius 2 is 0.913 bits per heavy atom. The molecule has 0 spiro atoms. The van der Waals surface area contributed by atoms with Crippen molar-refractivity contribution in [3.05, 3.63) is 204 Å². The van der Waals surface area contributed by atoms with Gasteiger partial charge in [0.1, 0.15) is 5.82 Å². The minimum atomic E-state index is -0.561. The van der Waals surface area contributed by atoms with Crippen LogP contribution >= 0.6 is 0 Å². The van der Waals surface area contributed by atoms with Crippen molar-refractivity contribution in [1.29, 1.82) is 0 Å². The van der Waals surface area contributed by atoms with Crippen molar-refractivity contribution in [3.8, 4) is 39.3 Å². The fraction of sp³-hybridized carbons (Fsp3) is 0.0227. The molecular weight excluding hydrogens is 556 g/mol. The molecule has 0 unspecified atom stereocenters. The van der Waals surface area contributed by atoms with Gasteiger partial charge in [-0.05, 0) is 68.8 Å². The van der Waals surface area contributed by atoms with E-state index in [0.29, 0.717) is 0 Å². The Hall–Kier alpha value is -5.99. The number of nitrogens with zero attached hydrogens (tertiary/aromatic N) is 2. The minimum absolute atomic E-state index is 0.561. The molecule has 0 saturated carbocycles. The van der Waals surface area contributed by atoms with Crippen molar-refractivity contribution in [3.63, 3.8) is 0 Å². The molecule has 0 atom stereocenters. The Labute approximate surface area is 268 Å². The van der Waals surface area contributed by atoms with Crippen molar-refractivity contribution < 1.29 is 0 Å². The maximum atomic E-state index is 5.30. The van der Waals surface area contributed by atoms with E-state index in [2.05, 4.69) is 187 Å². The number of imidazole rings is 1. The summed E-state index contributed by atoms with van der Waals surface area (Å²) in [6, 6.07) is 65.7. The topological polar surface area (TPSA) is 17.8 Å². The summed E-state index contributed by atoms with van der Waals surface area (Å²) >= 11 is 0. The zero-order valence-electron chi connectivity index (χ0n) is 25.2. The highest BCUT2D eigenvalue weighted by atomic mass is 15.1. The molecule has 0 radical (unpaired) electrons. The quantitative estimate of drug-likeness (QED) is 0.196. The third-order valence-corrected chi connectivity index (χ3v) is 9.47. The normalized spacial score (nSPS) is 13.0. The second kappa shape index (κ2) is 10.6. The lowest BCUT2D eigenvalue weighted by Crippen LogP contribution is -2.35. The summed E-state index contributed by atoms with van der Waals surface area (Å²) in [5.74, 6) is 0.956. The zero-order chi connectivity index (χ0) is 30.5. The van der Waals surface area contributed by atoms with E-state index in [0.717, 1.165) is 28.1 Å². The second-order valence-electron chi connectivity index (χ2n) is 12.0. The Morgan fingerprint density at radius 1 is 0.391 bits per heavy atom. The van der Waals surface area contributed by atoms with Gasteiger partial charge in [0.25, 0.3) is 0 Å². The van der Waals surface area contributed by atoms with Gasteiger partial charge >= 0.3 is 0 Å².